The van der Waals surface area contributed by atoms with Crippen molar-refractivity contribution in [3.05, 3.63) is 50.0 Å². The Balaban J connectivity index is 1.71. The standard InChI is InChI=1S/C15H15ClN4O3S/c16-12-7-10(20(22)23)1-2-11(12)14(21)19-15-18-8-13(24-15)9-3-5-17-6-4-9/h1-2,7-9,17H,3-6H2,(H,18,19,21). The van der Waals surface area contributed by atoms with Crippen molar-refractivity contribution in [2.45, 2.75) is 18.8 Å². The molecule has 3 rings (SSSR count). The van der Waals surface area contributed by atoms with Gasteiger partial charge in [-0.3, -0.25) is 20.2 Å². The third-order valence-electron chi connectivity index (χ3n) is 3.89. The molecule has 24 heavy (non-hydrogen) atoms. The monoisotopic (exact) mass is 366 g/mol. The number of aromatic nitrogens is 1. The van der Waals surface area contributed by atoms with Crippen LogP contribution in [0.2, 0.25) is 5.02 Å². The predicted octanol–water partition coefficient (Wildman–Crippen LogP) is 3.42. The molecular weight excluding hydrogens is 352 g/mol. The Kier molecular flexibility index (Phi) is 5.08. The first kappa shape index (κ1) is 16.8. The number of nitro benzene ring substituents is 1. The van der Waals surface area contributed by atoms with Crippen LogP contribution >= 0.6 is 22.9 Å². The van der Waals surface area contributed by atoms with E-state index in [2.05, 4.69) is 15.6 Å². The van der Waals surface area contributed by atoms with E-state index < -0.39 is 10.8 Å². The van der Waals surface area contributed by atoms with Gasteiger partial charge in [0.05, 0.1) is 15.5 Å². The van der Waals surface area contributed by atoms with Crippen molar-refractivity contribution < 1.29 is 9.72 Å². The predicted molar refractivity (Wildman–Crippen MR) is 93.0 cm³/mol. The van der Waals surface area contributed by atoms with Crippen LogP contribution in [0.5, 0.6) is 0 Å². The molecule has 1 aromatic carbocycles. The largest absolute Gasteiger partial charge is 0.317 e. The van der Waals surface area contributed by atoms with Gasteiger partial charge in [-0.15, -0.1) is 11.3 Å². The van der Waals surface area contributed by atoms with E-state index in [1.54, 1.807) is 6.20 Å². The first-order valence-corrected chi connectivity index (χ1v) is 8.66. The van der Waals surface area contributed by atoms with E-state index in [1.807, 2.05) is 0 Å². The molecule has 2 heterocycles. The van der Waals surface area contributed by atoms with E-state index in [4.69, 9.17) is 11.6 Å². The Morgan fingerprint density at radius 3 is 2.83 bits per heavy atom. The highest BCUT2D eigenvalue weighted by atomic mass is 35.5. The second-order valence-corrected chi connectivity index (χ2v) is 6.94. The molecule has 126 valence electrons. The van der Waals surface area contributed by atoms with Crippen LogP contribution in [0.15, 0.2) is 24.4 Å². The van der Waals surface area contributed by atoms with E-state index in [-0.39, 0.29) is 16.3 Å². The summed E-state index contributed by atoms with van der Waals surface area (Å²) < 4.78 is 0. The summed E-state index contributed by atoms with van der Waals surface area (Å²) in [5.41, 5.74) is 0.0277. The molecule has 1 amide bonds. The Bertz CT molecular complexity index is 774. The maximum absolute atomic E-state index is 12.3. The Morgan fingerprint density at radius 2 is 2.17 bits per heavy atom. The minimum Gasteiger partial charge on any atom is -0.317 e. The summed E-state index contributed by atoms with van der Waals surface area (Å²) in [4.78, 5) is 27.9. The number of thiazole rings is 1. The number of amides is 1. The quantitative estimate of drug-likeness (QED) is 0.638. The van der Waals surface area contributed by atoms with Crippen molar-refractivity contribution >= 4 is 39.7 Å². The fraction of sp³-hybridized carbons (Fsp3) is 0.333. The molecule has 0 atom stereocenters. The average Bonchev–Trinajstić information content (AvgIpc) is 3.03. The van der Waals surface area contributed by atoms with E-state index in [0.717, 1.165) is 30.8 Å². The minimum absolute atomic E-state index is 0.0387. The van der Waals surface area contributed by atoms with Gasteiger partial charge in [-0.05, 0) is 37.9 Å². The number of hydrogen-bond donors (Lipinski definition) is 2. The average molecular weight is 367 g/mol. The summed E-state index contributed by atoms with van der Waals surface area (Å²) in [6.45, 7) is 1.98. The second kappa shape index (κ2) is 7.25. The van der Waals surface area contributed by atoms with E-state index >= 15 is 0 Å². The Morgan fingerprint density at radius 1 is 1.42 bits per heavy atom. The van der Waals surface area contributed by atoms with Gasteiger partial charge in [-0.2, -0.15) is 0 Å². The molecule has 1 aromatic heterocycles. The molecule has 0 bridgehead atoms. The first-order valence-electron chi connectivity index (χ1n) is 7.46. The normalized spacial score (nSPS) is 15.2. The molecule has 2 N–H and O–H groups in total. The zero-order valence-electron chi connectivity index (χ0n) is 12.6. The SMILES string of the molecule is O=C(Nc1ncc(C2CCNCC2)s1)c1ccc([N+](=O)[O-])cc1Cl. The summed E-state index contributed by atoms with van der Waals surface area (Å²) in [6.07, 6.45) is 3.92. The van der Waals surface area contributed by atoms with Gasteiger partial charge in [0, 0.05) is 23.2 Å². The van der Waals surface area contributed by atoms with E-state index in [9.17, 15) is 14.9 Å². The smallest absolute Gasteiger partial charge is 0.270 e. The zero-order valence-corrected chi connectivity index (χ0v) is 14.2. The number of non-ortho nitro benzene ring substituents is 1. The van der Waals surface area contributed by atoms with Gasteiger partial charge in [0.1, 0.15) is 0 Å². The fourth-order valence-electron chi connectivity index (χ4n) is 2.61. The number of benzene rings is 1. The fourth-order valence-corrected chi connectivity index (χ4v) is 3.85. The van der Waals surface area contributed by atoms with Crippen LogP contribution in [0.25, 0.3) is 0 Å². The number of nitro groups is 1. The van der Waals surface area contributed by atoms with Gasteiger partial charge < -0.3 is 5.32 Å². The number of piperidine rings is 1. The van der Waals surface area contributed by atoms with Gasteiger partial charge in [0.25, 0.3) is 11.6 Å². The summed E-state index contributed by atoms with van der Waals surface area (Å²) in [7, 11) is 0. The van der Waals surface area contributed by atoms with Crippen LogP contribution in [0.1, 0.15) is 34.0 Å². The molecule has 0 radical (unpaired) electrons. The molecule has 7 nitrogen and oxygen atoms in total. The molecule has 9 heteroatoms. The van der Waals surface area contributed by atoms with Crippen LogP contribution in [-0.4, -0.2) is 28.9 Å². The number of hydrogen-bond acceptors (Lipinski definition) is 6. The molecule has 0 spiro atoms. The van der Waals surface area contributed by atoms with Crippen LogP contribution in [0, 0.1) is 10.1 Å². The number of nitrogens with one attached hydrogen (secondary N) is 2. The highest BCUT2D eigenvalue weighted by Crippen LogP contribution is 2.32. The molecule has 1 aliphatic rings. The molecule has 0 unspecified atom stereocenters. The van der Waals surface area contributed by atoms with Crippen LogP contribution < -0.4 is 10.6 Å². The summed E-state index contributed by atoms with van der Waals surface area (Å²) >= 11 is 7.43. The molecule has 1 fully saturated rings. The van der Waals surface area contributed by atoms with Crippen molar-refractivity contribution in [1.29, 1.82) is 0 Å². The lowest BCUT2D eigenvalue weighted by atomic mass is 9.97. The highest BCUT2D eigenvalue weighted by Gasteiger charge is 2.20. The minimum atomic E-state index is -0.556. The van der Waals surface area contributed by atoms with Gasteiger partial charge >= 0.3 is 0 Å². The van der Waals surface area contributed by atoms with Crippen molar-refractivity contribution in [3.8, 4) is 0 Å². The van der Waals surface area contributed by atoms with Crippen molar-refractivity contribution in [2.75, 3.05) is 18.4 Å². The number of carbonyl (C=O) groups excluding carboxylic acids is 1. The summed E-state index contributed by atoms with van der Waals surface area (Å²) in [5, 5.41) is 17.3. The molecule has 2 aromatic rings. The Labute approximate surface area is 147 Å². The van der Waals surface area contributed by atoms with E-state index in [1.165, 1.54) is 29.5 Å². The number of nitrogens with zero attached hydrogens (tertiary/aromatic N) is 2. The number of rotatable bonds is 4. The molecule has 1 saturated heterocycles. The summed E-state index contributed by atoms with van der Waals surface area (Å²) in [5.74, 6) is 0.0403. The lowest BCUT2D eigenvalue weighted by molar-refractivity contribution is -0.384. The summed E-state index contributed by atoms with van der Waals surface area (Å²) in [6, 6.07) is 3.76. The molecule has 1 aliphatic heterocycles. The lowest BCUT2D eigenvalue weighted by Gasteiger charge is -2.20. The maximum atomic E-state index is 12.3. The highest BCUT2D eigenvalue weighted by molar-refractivity contribution is 7.15. The van der Waals surface area contributed by atoms with Gasteiger partial charge in [0.15, 0.2) is 5.13 Å². The number of halogens is 1. The maximum Gasteiger partial charge on any atom is 0.270 e. The number of carbonyl (C=O) groups is 1. The Hall–Kier alpha value is -2.03. The second-order valence-electron chi connectivity index (χ2n) is 5.47. The molecule has 0 aliphatic carbocycles. The van der Waals surface area contributed by atoms with Crippen molar-refractivity contribution in [1.82, 2.24) is 10.3 Å². The molecule has 0 saturated carbocycles. The van der Waals surface area contributed by atoms with Crippen LogP contribution in [0.4, 0.5) is 10.8 Å². The third-order valence-corrected chi connectivity index (χ3v) is 5.28. The topological polar surface area (TPSA) is 97.2 Å². The van der Waals surface area contributed by atoms with Crippen LogP contribution in [-0.2, 0) is 0 Å². The number of anilines is 1. The molecular formula is C15H15ClN4O3S. The van der Waals surface area contributed by atoms with Crippen molar-refractivity contribution in [2.24, 2.45) is 0 Å². The van der Waals surface area contributed by atoms with Crippen molar-refractivity contribution in [3.63, 3.8) is 0 Å². The van der Waals surface area contributed by atoms with Gasteiger partial charge in [-0.25, -0.2) is 4.98 Å². The van der Waals surface area contributed by atoms with Gasteiger partial charge in [0.2, 0.25) is 0 Å². The first-order chi connectivity index (χ1) is 11.5. The third kappa shape index (κ3) is 3.72. The zero-order chi connectivity index (χ0) is 17.1. The van der Waals surface area contributed by atoms with Crippen LogP contribution in [0.3, 0.4) is 0 Å². The lowest BCUT2D eigenvalue weighted by Crippen LogP contribution is -2.26. The van der Waals surface area contributed by atoms with Gasteiger partial charge in [-0.1, -0.05) is 11.6 Å². The van der Waals surface area contributed by atoms with E-state index in [0.29, 0.717) is 11.0 Å².